The minimum atomic E-state index is -7.43. The van der Waals surface area contributed by atoms with Crippen molar-refractivity contribution in [2.24, 2.45) is 0 Å². The van der Waals surface area contributed by atoms with Crippen LogP contribution in [0.1, 0.15) is 0 Å². The van der Waals surface area contributed by atoms with Gasteiger partial charge in [0, 0.05) is 0 Å². The van der Waals surface area contributed by atoms with Crippen LogP contribution < -0.4 is 0 Å². The van der Waals surface area contributed by atoms with Crippen molar-refractivity contribution in [3.8, 4) is 0 Å². The fourth-order valence-corrected chi connectivity index (χ4v) is 1.18. The summed E-state index contributed by atoms with van der Waals surface area (Å²) in [6.45, 7) is 0.458. The van der Waals surface area contributed by atoms with Crippen molar-refractivity contribution in [2.45, 2.75) is 43.1 Å². The van der Waals surface area contributed by atoms with Crippen molar-refractivity contribution in [3.05, 3.63) is 12.0 Å². The van der Waals surface area contributed by atoms with Crippen molar-refractivity contribution in [2.75, 3.05) is 13.2 Å². The highest BCUT2D eigenvalue weighted by Gasteiger charge is 2.76. The molecule has 23 heteroatoms. The van der Waals surface area contributed by atoms with Gasteiger partial charge in [-0.3, -0.25) is 0 Å². The van der Waals surface area contributed by atoms with Gasteiger partial charge in [-0.15, -0.1) is 13.2 Å². The maximum absolute atomic E-state index is 12.6. The summed E-state index contributed by atoms with van der Waals surface area (Å²) < 4.78 is 229. The molecule has 204 valence electrons. The summed E-state index contributed by atoms with van der Waals surface area (Å²) in [5.74, 6) is -0.620. The van der Waals surface area contributed by atoms with Gasteiger partial charge in [0.15, 0.2) is 0 Å². The zero-order valence-corrected chi connectivity index (χ0v) is 14.8. The van der Waals surface area contributed by atoms with Crippen LogP contribution in [0.5, 0.6) is 0 Å². The molecule has 0 atom stereocenters. The minimum absolute atomic E-state index is 0.229. The molecule has 1 aliphatic rings. The molecule has 5 nitrogen and oxygen atoms in total. The van der Waals surface area contributed by atoms with Crippen LogP contribution in [-0.2, 0) is 23.7 Å². The Kier molecular flexibility index (Phi) is 9.31. The first kappa shape index (κ1) is 32.0. The molecule has 1 saturated heterocycles. The summed E-state index contributed by atoms with van der Waals surface area (Å²) in [5, 5.41) is 0. The lowest BCUT2D eigenvalue weighted by molar-refractivity contribution is -0.572. The van der Waals surface area contributed by atoms with Gasteiger partial charge in [0.1, 0.15) is 13.2 Å². The van der Waals surface area contributed by atoms with Crippen LogP contribution in [0.3, 0.4) is 0 Å². The Morgan fingerprint density at radius 2 is 0.794 bits per heavy atom. The average Bonchev–Trinajstić information content (AvgIpc) is 3.04. The summed E-state index contributed by atoms with van der Waals surface area (Å²) in [4.78, 5) is 0. The van der Waals surface area contributed by atoms with Gasteiger partial charge in [-0.25, -0.2) is 14.2 Å². The third-order valence-corrected chi connectivity index (χ3v) is 2.47. The molecular formula is C11H4F18O5. The topological polar surface area (TPSA) is 46.2 Å². The monoisotopic (exact) mass is 558 g/mol. The Morgan fingerprint density at radius 1 is 0.500 bits per heavy atom. The van der Waals surface area contributed by atoms with E-state index < -0.39 is 55.1 Å². The third-order valence-electron chi connectivity index (χ3n) is 2.47. The molecule has 1 heterocycles. The quantitative estimate of drug-likeness (QED) is 0.350. The van der Waals surface area contributed by atoms with Gasteiger partial charge < -0.3 is 9.47 Å². The molecular weight excluding hydrogens is 554 g/mol. The smallest absolute Gasteiger partial charge is 0.458 e. The zero-order chi connectivity index (χ0) is 27.6. The molecule has 0 unspecified atom stereocenters. The fourth-order valence-electron chi connectivity index (χ4n) is 1.18. The minimum Gasteiger partial charge on any atom is -0.458 e. The molecule has 0 bridgehead atoms. The summed E-state index contributed by atoms with van der Waals surface area (Å²) in [5.41, 5.74) is 0. The van der Waals surface area contributed by atoms with Crippen LogP contribution in [0.25, 0.3) is 0 Å². The van der Waals surface area contributed by atoms with Gasteiger partial charge >= 0.3 is 55.1 Å². The highest BCUT2D eigenvalue weighted by Crippen LogP contribution is 2.50. The second-order valence-electron chi connectivity index (χ2n) is 5.08. The number of alkyl halides is 16. The lowest BCUT2D eigenvalue weighted by Crippen LogP contribution is -2.58. The molecule has 0 radical (unpaired) electrons. The van der Waals surface area contributed by atoms with Gasteiger partial charge in [-0.2, -0.15) is 65.9 Å². The summed E-state index contributed by atoms with van der Waals surface area (Å²) in [6, 6.07) is 0. The molecule has 0 aromatic carbocycles. The Morgan fingerprint density at radius 3 is 1.03 bits per heavy atom. The van der Waals surface area contributed by atoms with Crippen LogP contribution in [0, 0.1) is 0 Å². The van der Waals surface area contributed by atoms with E-state index in [1.165, 1.54) is 14.2 Å². The first-order valence-corrected chi connectivity index (χ1v) is 7.11. The highest BCUT2D eigenvalue weighted by atomic mass is 19.4. The maximum atomic E-state index is 12.6. The van der Waals surface area contributed by atoms with Crippen LogP contribution in [0.4, 0.5) is 79.0 Å². The van der Waals surface area contributed by atoms with Crippen molar-refractivity contribution in [1.82, 2.24) is 0 Å². The summed E-state index contributed by atoms with van der Waals surface area (Å²) in [6.07, 6.45) is -52.1. The lowest BCUT2D eigenvalue weighted by Gasteiger charge is -2.33. The molecule has 1 fully saturated rings. The molecule has 0 aliphatic carbocycles. The SMILES string of the molecule is FC(F)(F)OC(F)(F)C(F)(F)OC(F)(F)C(F)(F)OC(F)(F)C(F)(F)F.FC(F)=C1OCCO1. The van der Waals surface area contributed by atoms with Crippen molar-refractivity contribution in [3.63, 3.8) is 0 Å². The Hall–Kier alpha value is -2.04. The largest absolute Gasteiger partial charge is 0.527 e. The third kappa shape index (κ3) is 8.63. The molecule has 0 N–H and O–H groups in total. The van der Waals surface area contributed by atoms with E-state index in [1.807, 2.05) is 0 Å². The van der Waals surface area contributed by atoms with Crippen molar-refractivity contribution >= 4 is 0 Å². The van der Waals surface area contributed by atoms with Crippen LogP contribution in [0.2, 0.25) is 0 Å². The molecule has 0 aromatic heterocycles. The normalized spacial score (nSPS) is 16.5. The molecule has 0 saturated carbocycles. The first-order valence-electron chi connectivity index (χ1n) is 7.11. The van der Waals surface area contributed by atoms with Gasteiger partial charge in [-0.1, -0.05) is 0 Å². The van der Waals surface area contributed by atoms with E-state index in [-0.39, 0.29) is 13.2 Å². The Balaban J connectivity index is 0.00000113. The fraction of sp³-hybridized carbons (Fsp3) is 0.818. The van der Waals surface area contributed by atoms with Gasteiger partial charge in [0.25, 0.3) is 0 Å². The van der Waals surface area contributed by atoms with E-state index in [4.69, 9.17) is 0 Å². The van der Waals surface area contributed by atoms with Crippen LogP contribution >= 0.6 is 0 Å². The predicted molar refractivity (Wildman–Crippen MR) is 61.2 cm³/mol. The average molecular weight is 558 g/mol. The van der Waals surface area contributed by atoms with Crippen LogP contribution in [0.15, 0.2) is 12.0 Å². The number of hydrogen-bond donors (Lipinski definition) is 0. The lowest BCUT2D eigenvalue weighted by atomic mass is 10.5. The Bertz CT molecular complexity index is 698. The first-order chi connectivity index (χ1) is 14.7. The molecule has 34 heavy (non-hydrogen) atoms. The second kappa shape index (κ2) is 9.91. The second-order valence-corrected chi connectivity index (χ2v) is 5.08. The van der Waals surface area contributed by atoms with E-state index in [0.29, 0.717) is 0 Å². The van der Waals surface area contributed by atoms with Crippen LogP contribution in [-0.4, -0.2) is 56.3 Å². The molecule has 1 rings (SSSR count). The maximum Gasteiger partial charge on any atom is 0.527 e. The van der Waals surface area contributed by atoms with E-state index in [9.17, 15) is 79.0 Å². The zero-order valence-electron chi connectivity index (χ0n) is 14.8. The number of rotatable bonds is 7. The van der Waals surface area contributed by atoms with E-state index in [2.05, 4.69) is 9.47 Å². The molecule has 0 aromatic rings. The van der Waals surface area contributed by atoms with Gasteiger partial charge in [-0.05, 0) is 0 Å². The summed E-state index contributed by atoms with van der Waals surface area (Å²) in [7, 11) is 0. The standard InChI is InChI=1S/C7F16O3.C4H4F2O2/c8-1(9,10)2(11,12)24-3(13,14)4(15,16)25-5(17,18)6(19,20)26-7(21,22)23;5-3(6)4-7-1-2-8-4/h;1-2H2. The van der Waals surface area contributed by atoms with E-state index in [0.717, 1.165) is 0 Å². The highest BCUT2D eigenvalue weighted by molar-refractivity contribution is 4.85. The molecule has 1 aliphatic heterocycles. The van der Waals surface area contributed by atoms with E-state index in [1.54, 1.807) is 0 Å². The number of halogens is 18. The molecule has 0 spiro atoms. The van der Waals surface area contributed by atoms with Crippen molar-refractivity contribution in [1.29, 1.82) is 0 Å². The number of ether oxygens (including phenoxy) is 5. The summed E-state index contributed by atoms with van der Waals surface area (Å²) >= 11 is 0. The van der Waals surface area contributed by atoms with Crippen molar-refractivity contribution < 1.29 is 103 Å². The Labute approximate surface area is 172 Å². The number of hydrogen-bond acceptors (Lipinski definition) is 5. The van der Waals surface area contributed by atoms with E-state index >= 15 is 0 Å². The molecule has 0 amide bonds. The van der Waals surface area contributed by atoms with Gasteiger partial charge in [0.2, 0.25) is 0 Å². The predicted octanol–water partition coefficient (Wildman–Crippen LogP) is 6.18. The van der Waals surface area contributed by atoms with Gasteiger partial charge in [0.05, 0.1) is 0 Å².